The predicted octanol–water partition coefficient (Wildman–Crippen LogP) is 4.86. The minimum absolute atomic E-state index is 0.458. The van der Waals surface area contributed by atoms with Gasteiger partial charge in [-0.2, -0.15) is 5.26 Å². The number of hydrogen-bond donors (Lipinski definition) is 2. The molecule has 2 aromatic carbocycles. The maximum absolute atomic E-state index is 9.64. The fourth-order valence-electron chi connectivity index (χ4n) is 3.23. The molecule has 0 aliphatic carbocycles. The van der Waals surface area contributed by atoms with Crippen molar-refractivity contribution in [2.45, 2.75) is 0 Å². The van der Waals surface area contributed by atoms with E-state index in [2.05, 4.69) is 21.4 Å². The Balaban J connectivity index is 1.86. The number of ether oxygens (including phenoxy) is 2. The molecular formula is C22H18N4O2. The minimum Gasteiger partial charge on any atom is -0.493 e. The number of nitriles is 1. The van der Waals surface area contributed by atoms with Gasteiger partial charge in [-0.15, -0.1) is 0 Å². The molecule has 2 N–H and O–H groups in total. The van der Waals surface area contributed by atoms with E-state index in [4.69, 9.17) is 9.47 Å². The lowest BCUT2D eigenvalue weighted by Gasteiger charge is -2.16. The summed E-state index contributed by atoms with van der Waals surface area (Å²) in [5.41, 5.74) is 4.74. The highest BCUT2D eigenvalue weighted by Gasteiger charge is 2.15. The summed E-state index contributed by atoms with van der Waals surface area (Å²) < 4.78 is 10.8. The van der Waals surface area contributed by atoms with Crippen molar-refractivity contribution in [1.29, 1.82) is 5.26 Å². The van der Waals surface area contributed by atoms with Gasteiger partial charge in [0.05, 0.1) is 25.5 Å². The van der Waals surface area contributed by atoms with E-state index in [9.17, 15) is 5.26 Å². The second kappa shape index (κ2) is 7.33. The zero-order valence-electron chi connectivity index (χ0n) is 15.5. The monoisotopic (exact) mass is 370 g/mol. The predicted molar refractivity (Wildman–Crippen MR) is 109 cm³/mol. The van der Waals surface area contributed by atoms with Gasteiger partial charge in [0, 0.05) is 40.7 Å². The third-order valence-electron chi connectivity index (χ3n) is 4.62. The van der Waals surface area contributed by atoms with Crippen LogP contribution in [0.5, 0.6) is 11.5 Å². The van der Waals surface area contributed by atoms with Crippen LogP contribution in [0.2, 0.25) is 0 Å². The van der Waals surface area contributed by atoms with Crippen LogP contribution in [-0.2, 0) is 0 Å². The van der Waals surface area contributed by atoms with Crippen molar-refractivity contribution in [2.75, 3.05) is 19.5 Å². The van der Waals surface area contributed by atoms with Gasteiger partial charge < -0.3 is 19.8 Å². The van der Waals surface area contributed by atoms with Crippen LogP contribution in [-0.4, -0.2) is 24.2 Å². The highest BCUT2D eigenvalue weighted by molar-refractivity contribution is 5.96. The van der Waals surface area contributed by atoms with Gasteiger partial charge in [-0.3, -0.25) is 4.98 Å². The number of fused-ring (bicyclic) bond motifs is 1. The average Bonchev–Trinajstić information content (AvgIpc) is 3.23. The standard InChI is InChI=1S/C22H18N4O2/c1-27-20-7-6-14(10-21(20)28-2)17-13-24-12-15(11-23)22(17)26-19-5-3-4-18-16(19)8-9-25-18/h3-10,12-13,25H,1-2H3,(H,24,26). The summed E-state index contributed by atoms with van der Waals surface area (Å²) in [6.07, 6.45) is 5.19. The van der Waals surface area contributed by atoms with Crippen LogP contribution in [0.3, 0.4) is 0 Å². The van der Waals surface area contributed by atoms with Crippen molar-refractivity contribution >= 4 is 22.3 Å². The molecule has 0 saturated heterocycles. The van der Waals surface area contributed by atoms with Crippen LogP contribution < -0.4 is 14.8 Å². The number of benzene rings is 2. The quantitative estimate of drug-likeness (QED) is 0.524. The molecule has 4 rings (SSSR count). The highest BCUT2D eigenvalue weighted by atomic mass is 16.5. The summed E-state index contributed by atoms with van der Waals surface area (Å²) in [6.45, 7) is 0. The molecule has 6 nitrogen and oxygen atoms in total. The molecule has 0 atom stereocenters. The van der Waals surface area contributed by atoms with E-state index >= 15 is 0 Å². The number of nitrogens with one attached hydrogen (secondary N) is 2. The molecule has 0 bridgehead atoms. The third-order valence-corrected chi connectivity index (χ3v) is 4.62. The molecule has 0 aliphatic heterocycles. The Kier molecular flexibility index (Phi) is 4.56. The van der Waals surface area contributed by atoms with Crippen LogP contribution in [0.25, 0.3) is 22.0 Å². The SMILES string of the molecule is COc1ccc(-c2cncc(C#N)c2Nc2cccc3[nH]ccc23)cc1OC. The maximum Gasteiger partial charge on any atom is 0.161 e. The molecule has 28 heavy (non-hydrogen) atoms. The summed E-state index contributed by atoms with van der Waals surface area (Å²) in [4.78, 5) is 7.44. The van der Waals surface area contributed by atoms with E-state index in [1.54, 1.807) is 26.6 Å². The van der Waals surface area contributed by atoms with Crippen LogP contribution in [0.15, 0.2) is 61.1 Å². The second-order valence-corrected chi connectivity index (χ2v) is 6.16. The van der Waals surface area contributed by atoms with E-state index in [0.29, 0.717) is 22.7 Å². The molecule has 2 heterocycles. The molecule has 0 unspecified atom stereocenters. The Hall–Kier alpha value is -3.98. The minimum atomic E-state index is 0.458. The van der Waals surface area contributed by atoms with E-state index in [0.717, 1.165) is 27.7 Å². The second-order valence-electron chi connectivity index (χ2n) is 6.16. The Morgan fingerprint density at radius 2 is 1.89 bits per heavy atom. The first-order valence-corrected chi connectivity index (χ1v) is 8.68. The molecule has 0 amide bonds. The van der Waals surface area contributed by atoms with Crippen LogP contribution in [0.4, 0.5) is 11.4 Å². The zero-order chi connectivity index (χ0) is 19.5. The van der Waals surface area contributed by atoms with Crippen molar-refractivity contribution in [2.24, 2.45) is 0 Å². The van der Waals surface area contributed by atoms with Gasteiger partial charge in [0.1, 0.15) is 6.07 Å². The number of anilines is 2. The summed E-state index contributed by atoms with van der Waals surface area (Å²) in [6, 6.07) is 15.8. The molecule has 6 heteroatoms. The van der Waals surface area contributed by atoms with Crippen molar-refractivity contribution in [1.82, 2.24) is 9.97 Å². The Labute approximate surface area is 162 Å². The van der Waals surface area contributed by atoms with E-state index < -0.39 is 0 Å². The molecular weight excluding hydrogens is 352 g/mol. The Morgan fingerprint density at radius 3 is 2.68 bits per heavy atom. The molecule has 138 valence electrons. The lowest BCUT2D eigenvalue weighted by Crippen LogP contribution is -1.99. The maximum atomic E-state index is 9.64. The number of rotatable bonds is 5. The van der Waals surface area contributed by atoms with Crippen LogP contribution in [0, 0.1) is 11.3 Å². The van der Waals surface area contributed by atoms with Crippen molar-refractivity contribution < 1.29 is 9.47 Å². The molecule has 0 spiro atoms. The lowest BCUT2D eigenvalue weighted by molar-refractivity contribution is 0.355. The summed E-state index contributed by atoms with van der Waals surface area (Å²) >= 11 is 0. The van der Waals surface area contributed by atoms with E-state index in [-0.39, 0.29) is 0 Å². The van der Waals surface area contributed by atoms with Gasteiger partial charge in [0.15, 0.2) is 11.5 Å². The molecule has 0 radical (unpaired) electrons. The van der Waals surface area contributed by atoms with Gasteiger partial charge in [-0.25, -0.2) is 0 Å². The first-order valence-electron chi connectivity index (χ1n) is 8.68. The fourth-order valence-corrected chi connectivity index (χ4v) is 3.23. The highest BCUT2D eigenvalue weighted by Crippen LogP contribution is 2.38. The smallest absolute Gasteiger partial charge is 0.161 e. The van der Waals surface area contributed by atoms with Gasteiger partial charge in [0.2, 0.25) is 0 Å². The first kappa shape index (κ1) is 17.4. The van der Waals surface area contributed by atoms with Crippen molar-refractivity contribution in [3.8, 4) is 28.7 Å². The fraction of sp³-hybridized carbons (Fsp3) is 0.0909. The van der Waals surface area contributed by atoms with Gasteiger partial charge in [0.25, 0.3) is 0 Å². The molecule has 2 aromatic heterocycles. The number of H-pyrrole nitrogens is 1. The normalized spacial score (nSPS) is 10.5. The van der Waals surface area contributed by atoms with Crippen LogP contribution >= 0.6 is 0 Å². The number of aromatic amines is 1. The van der Waals surface area contributed by atoms with Crippen LogP contribution in [0.1, 0.15) is 5.56 Å². The molecule has 4 aromatic rings. The van der Waals surface area contributed by atoms with E-state index in [1.807, 2.05) is 48.7 Å². The number of pyridine rings is 1. The summed E-state index contributed by atoms with van der Waals surface area (Å²) in [5.74, 6) is 1.25. The van der Waals surface area contributed by atoms with Gasteiger partial charge in [-0.05, 0) is 35.9 Å². The number of aromatic nitrogens is 2. The third kappa shape index (κ3) is 2.99. The van der Waals surface area contributed by atoms with Gasteiger partial charge >= 0.3 is 0 Å². The first-order chi connectivity index (χ1) is 13.7. The largest absolute Gasteiger partial charge is 0.493 e. The summed E-state index contributed by atoms with van der Waals surface area (Å²) in [7, 11) is 3.19. The number of hydrogen-bond acceptors (Lipinski definition) is 5. The number of nitrogens with zero attached hydrogens (tertiary/aromatic N) is 2. The molecule has 0 fully saturated rings. The van der Waals surface area contributed by atoms with Gasteiger partial charge in [-0.1, -0.05) is 12.1 Å². The van der Waals surface area contributed by atoms with Crippen molar-refractivity contribution in [3.63, 3.8) is 0 Å². The average molecular weight is 370 g/mol. The zero-order valence-corrected chi connectivity index (χ0v) is 15.5. The Morgan fingerprint density at radius 1 is 1.04 bits per heavy atom. The summed E-state index contributed by atoms with van der Waals surface area (Å²) in [5, 5.41) is 14.1. The topological polar surface area (TPSA) is 83.0 Å². The molecule has 0 saturated carbocycles. The van der Waals surface area contributed by atoms with E-state index in [1.165, 1.54) is 0 Å². The number of methoxy groups -OCH3 is 2. The lowest BCUT2D eigenvalue weighted by atomic mass is 10.0. The Bertz CT molecular complexity index is 1190. The molecule has 0 aliphatic rings. The van der Waals surface area contributed by atoms with Crippen molar-refractivity contribution in [3.05, 3.63) is 66.6 Å².